The fraction of sp³-hybridized carbons (Fsp3) is 0.167. The van der Waals surface area contributed by atoms with E-state index in [2.05, 4.69) is 93.8 Å². The van der Waals surface area contributed by atoms with Crippen LogP contribution >= 0.6 is 0 Å². The Morgan fingerprint density at radius 1 is 0.897 bits per heavy atom. The fourth-order valence-corrected chi connectivity index (χ4v) is 3.59. The normalized spacial score (nSPS) is 10.8. The molecule has 5 heteroatoms. The van der Waals surface area contributed by atoms with Crippen LogP contribution in [0.2, 0.25) is 0 Å². The molecule has 3 aromatic carbocycles. The predicted molar refractivity (Wildman–Crippen MR) is 122 cm³/mol. The van der Waals surface area contributed by atoms with E-state index in [9.17, 15) is 0 Å². The number of nitrogens with zero attached hydrogens (tertiary/aromatic N) is 3. The first-order chi connectivity index (χ1) is 14.3. The van der Waals surface area contributed by atoms with Gasteiger partial charge in [-0.25, -0.2) is 9.97 Å². The van der Waals surface area contributed by atoms with Crippen molar-refractivity contribution in [3.63, 3.8) is 0 Å². The predicted octanol–water partition coefficient (Wildman–Crippen LogP) is 5.02. The van der Waals surface area contributed by atoms with Crippen LogP contribution in [-0.2, 0) is 6.42 Å². The summed E-state index contributed by atoms with van der Waals surface area (Å²) >= 11 is 0. The van der Waals surface area contributed by atoms with E-state index in [0.29, 0.717) is 11.5 Å². The average Bonchev–Trinajstić information content (AvgIpc) is 2.77. The number of hydrogen-bond acceptors (Lipinski definition) is 5. The van der Waals surface area contributed by atoms with Gasteiger partial charge in [0.25, 0.3) is 0 Å². The van der Waals surface area contributed by atoms with Crippen LogP contribution in [0.25, 0.3) is 10.8 Å². The molecule has 0 unspecified atom stereocenters. The van der Waals surface area contributed by atoms with Gasteiger partial charge in [-0.05, 0) is 30.4 Å². The van der Waals surface area contributed by atoms with Crippen molar-refractivity contribution in [2.24, 2.45) is 0 Å². The van der Waals surface area contributed by atoms with Gasteiger partial charge in [0, 0.05) is 18.5 Å². The highest BCUT2D eigenvalue weighted by molar-refractivity contribution is 5.97. The van der Waals surface area contributed by atoms with Gasteiger partial charge >= 0.3 is 0 Å². The molecule has 0 spiro atoms. The Bertz CT molecular complexity index is 1090. The Balaban J connectivity index is 1.61. The maximum absolute atomic E-state index is 6.49. The van der Waals surface area contributed by atoms with Gasteiger partial charge in [-0.3, -0.25) is 0 Å². The van der Waals surface area contributed by atoms with Gasteiger partial charge in [0.1, 0.15) is 12.0 Å². The van der Waals surface area contributed by atoms with Gasteiger partial charge in [-0.2, -0.15) is 0 Å². The smallest absolute Gasteiger partial charge is 0.161 e. The Morgan fingerprint density at radius 2 is 1.66 bits per heavy atom. The van der Waals surface area contributed by atoms with E-state index in [0.717, 1.165) is 31.0 Å². The first kappa shape index (κ1) is 18.7. The second-order valence-corrected chi connectivity index (χ2v) is 6.86. The number of benzene rings is 3. The van der Waals surface area contributed by atoms with E-state index in [4.69, 9.17) is 5.73 Å². The molecule has 0 saturated carbocycles. The molecule has 4 rings (SSSR count). The van der Waals surface area contributed by atoms with Gasteiger partial charge in [-0.15, -0.1) is 0 Å². The molecule has 0 atom stereocenters. The molecule has 29 heavy (non-hydrogen) atoms. The highest BCUT2D eigenvalue weighted by Gasteiger charge is 2.17. The summed E-state index contributed by atoms with van der Waals surface area (Å²) in [4.78, 5) is 11.0. The fourth-order valence-electron chi connectivity index (χ4n) is 3.59. The van der Waals surface area contributed by atoms with Crippen molar-refractivity contribution in [2.45, 2.75) is 13.3 Å². The van der Waals surface area contributed by atoms with Crippen LogP contribution in [0.15, 0.2) is 79.1 Å². The van der Waals surface area contributed by atoms with Crippen LogP contribution in [0, 0.1) is 0 Å². The number of anilines is 4. The second-order valence-electron chi connectivity index (χ2n) is 6.86. The second kappa shape index (κ2) is 8.61. The lowest BCUT2D eigenvalue weighted by Crippen LogP contribution is -2.20. The zero-order valence-electron chi connectivity index (χ0n) is 16.5. The van der Waals surface area contributed by atoms with Crippen molar-refractivity contribution in [3.8, 4) is 0 Å². The molecule has 4 aromatic rings. The van der Waals surface area contributed by atoms with E-state index in [1.54, 1.807) is 6.33 Å². The summed E-state index contributed by atoms with van der Waals surface area (Å²) < 4.78 is 0. The number of nitrogens with two attached hydrogens (primary N) is 1. The summed E-state index contributed by atoms with van der Waals surface area (Å²) in [6.07, 6.45) is 2.48. The minimum Gasteiger partial charge on any atom is -0.393 e. The van der Waals surface area contributed by atoms with Gasteiger partial charge in [0.05, 0.1) is 5.69 Å². The lowest BCUT2D eigenvalue weighted by atomic mass is 10.1. The topological polar surface area (TPSA) is 67.1 Å². The summed E-state index contributed by atoms with van der Waals surface area (Å²) in [5, 5.41) is 5.73. The lowest BCUT2D eigenvalue weighted by molar-refractivity contribution is 0.969. The molecule has 0 bridgehead atoms. The van der Waals surface area contributed by atoms with E-state index in [1.165, 1.54) is 16.3 Å². The molecule has 0 fully saturated rings. The average molecular weight is 383 g/mol. The molecule has 0 aliphatic heterocycles. The van der Waals surface area contributed by atoms with Crippen molar-refractivity contribution >= 4 is 33.8 Å². The van der Waals surface area contributed by atoms with Crippen LogP contribution in [0.3, 0.4) is 0 Å². The quantitative estimate of drug-likeness (QED) is 0.469. The molecule has 1 heterocycles. The molecule has 3 N–H and O–H groups in total. The SMILES string of the molecule is CCN(c1ncnc(NCCc2ccccc2)c1N)c1cccc2ccccc12. The molecule has 0 amide bonds. The van der Waals surface area contributed by atoms with Gasteiger partial charge in [0.2, 0.25) is 0 Å². The number of nitrogen functional groups attached to an aromatic ring is 1. The van der Waals surface area contributed by atoms with Crippen LogP contribution in [-0.4, -0.2) is 23.1 Å². The Hall–Kier alpha value is -3.60. The number of hydrogen-bond donors (Lipinski definition) is 2. The monoisotopic (exact) mass is 383 g/mol. The largest absolute Gasteiger partial charge is 0.393 e. The summed E-state index contributed by atoms with van der Waals surface area (Å²) in [5.41, 5.74) is 9.42. The third-order valence-electron chi connectivity index (χ3n) is 5.04. The maximum atomic E-state index is 6.49. The maximum Gasteiger partial charge on any atom is 0.161 e. The minimum atomic E-state index is 0.565. The lowest BCUT2D eigenvalue weighted by Gasteiger charge is -2.25. The van der Waals surface area contributed by atoms with Gasteiger partial charge in [-0.1, -0.05) is 66.7 Å². The van der Waals surface area contributed by atoms with E-state index >= 15 is 0 Å². The highest BCUT2D eigenvalue weighted by Crippen LogP contribution is 2.35. The minimum absolute atomic E-state index is 0.565. The summed E-state index contributed by atoms with van der Waals surface area (Å²) in [7, 11) is 0. The van der Waals surface area contributed by atoms with Gasteiger partial charge in [0.15, 0.2) is 11.6 Å². The van der Waals surface area contributed by atoms with Crippen molar-refractivity contribution in [1.29, 1.82) is 0 Å². The third kappa shape index (κ3) is 3.99. The van der Waals surface area contributed by atoms with E-state index in [1.807, 2.05) is 6.07 Å². The number of fused-ring (bicyclic) bond motifs is 1. The first-order valence-electron chi connectivity index (χ1n) is 9.91. The number of aromatic nitrogens is 2. The van der Waals surface area contributed by atoms with Crippen LogP contribution in [0.1, 0.15) is 12.5 Å². The molecule has 5 nitrogen and oxygen atoms in total. The standard InChI is InChI=1S/C24H25N5/c1-2-29(21-14-8-12-19-11-6-7-13-20(19)21)24-22(25)23(27-17-28-24)26-16-15-18-9-4-3-5-10-18/h3-14,17H,2,15-16,25H2,1H3,(H,26,27,28). The zero-order valence-corrected chi connectivity index (χ0v) is 16.5. The molecule has 0 aliphatic rings. The van der Waals surface area contributed by atoms with Crippen molar-refractivity contribution in [2.75, 3.05) is 29.0 Å². The molecule has 0 saturated heterocycles. The van der Waals surface area contributed by atoms with Crippen LogP contribution in [0.4, 0.5) is 23.0 Å². The summed E-state index contributed by atoms with van der Waals surface area (Å²) in [5.74, 6) is 1.39. The van der Waals surface area contributed by atoms with Crippen LogP contribution in [0.5, 0.6) is 0 Å². The molecule has 0 radical (unpaired) electrons. The van der Waals surface area contributed by atoms with E-state index in [-0.39, 0.29) is 0 Å². The van der Waals surface area contributed by atoms with Crippen LogP contribution < -0.4 is 16.0 Å². The van der Waals surface area contributed by atoms with Crippen molar-refractivity contribution < 1.29 is 0 Å². The zero-order chi connectivity index (χ0) is 20.1. The number of nitrogens with one attached hydrogen (secondary N) is 1. The molecular weight excluding hydrogens is 358 g/mol. The first-order valence-corrected chi connectivity index (χ1v) is 9.91. The van der Waals surface area contributed by atoms with Gasteiger partial charge < -0.3 is 16.0 Å². The Kier molecular flexibility index (Phi) is 5.56. The number of rotatable bonds is 7. The molecular formula is C24H25N5. The van der Waals surface area contributed by atoms with Crippen molar-refractivity contribution in [3.05, 3.63) is 84.7 Å². The van der Waals surface area contributed by atoms with Crippen molar-refractivity contribution in [1.82, 2.24) is 9.97 Å². The Morgan fingerprint density at radius 3 is 2.48 bits per heavy atom. The highest BCUT2D eigenvalue weighted by atomic mass is 15.2. The third-order valence-corrected chi connectivity index (χ3v) is 5.04. The molecule has 0 aliphatic carbocycles. The Labute approximate surface area is 171 Å². The molecule has 146 valence electrons. The molecule has 1 aromatic heterocycles. The summed E-state index contributed by atoms with van der Waals surface area (Å²) in [6.45, 7) is 3.61. The summed E-state index contributed by atoms with van der Waals surface area (Å²) in [6, 6.07) is 25.0. The van der Waals surface area contributed by atoms with E-state index < -0.39 is 0 Å².